The number of anilines is 4. The number of hydrogen-bond acceptors (Lipinski definition) is 6. The number of rotatable bonds is 6. The number of aromatic nitrogens is 2. The first-order chi connectivity index (χ1) is 12.6. The van der Waals surface area contributed by atoms with Gasteiger partial charge < -0.3 is 20.1 Å². The van der Waals surface area contributed by atoms with E-state index in [0.29, 0.717) is 34.6 Å². The molecule has 0 aliphatic rings. The van der Waals surface area contributed by atoms with Gasteiger partial charge in [0, 0.05) is 23.5 Å². The Kier molecular flexibility index (Phi) is 5.17. The number of halogens is 1. The molecule has 0 bridgehead atoms. The highest BCUT2D eigenvalue weighted by molar-refractivity contribution is 5.66. The first-order valence-electron chi connectivity index (χ1n) is 7.94. The van der Waals surface area contributed by atoms with Gasteiger partial charge in [-0.2, -0.15) is 4.98 Å². The van der Waals surface area contributed by atoms with Crippen LogP contribution in [0.4, 0.5) is 27.5 Å². The van der Waals surface area contributed by atoms with E-state index in [0.717, 1.165) is 5.69 Å². The predicted octanol–water partition coefficient (Wildman–Crippen LogP) is 4.43. The maximum absolute atomic E-state index is 13.4. The molecule has 3 aromatic rings. The Balaban J connectivity index is 1.86. The van der Waals surface area contributed by atoms with Crippen molar-refractivity contribution in [2.24, 2.45) is 0 Å². The van der Waals surface area contributed by atoms with Gasteiger partial charge in [0.15, 0.2) is 0 Å². The quantitative estimate of drug-likeness (QED) is 0.683. The van der Waals surface area contributed by atoms with E-state index in [1.165, 1.54) is 12.1 Å². The third-order valence-electron chi connectivity index (χ3n) is 3.61. The van der Waals surface area contributed by atoms with Gasteiger partial charge >= 0.3 is 0 Å². The van der Waals surface area contributed by atoms with Crippen molar-refractivity contribution in [3.63, 3.8) is 0 Å². The smallest absolute Gasteiger partial charge is 0.229 e. The molecule has 134 valence electrons. The molecule has 0 spiro atoms. The van der Waals surface area contributed by atoms with E-state index in [2.05, 4.69) is 20.6 Å². The van der Waals surface area contributed by atoms with E-state index in [1.54, 1.807) is 38.5 Å². The summed E-state index contributed by atoms with van der Waals surface area (Å²) in [6, 6.07) is 13.4. The monoisotopic (exact) mass is 354 g/mol. The van der Waals surface area contributed by atoms with Gasteiger partial charge in [0.1, 0.15) is 23.1 Å². The summed E-state index contributed by atoms with van der Waals surface area (Å²) in [6.07, 6.45) is 0. The maximum Gasteiger partial charge on any atom is 0.229 e. The molecule has 2 N–H and O–H groups in total. The number of ether oxygens (including phenoxy) is 2. The zero-order chi connectivity index (χ0) is 18.5. The third kappa shape index (κ3) is 4.18. The van der Waals surface area contributed by atoms with Crippen molar-refractivity contribution in [1.82, 2.24) is 9.97 Å². The largest absolute Gasteiger partial charge is 0.497 e. The van der Waals surface area contributed by atoms with Crippen LogP contribution >= 0.6 is 0 Å². The van der Waals surface area contributed by atoms with Gasteiger partial charge in [-0.1, -0.05) is 6.07 Å². The number of benzene rings is 2. The molecule has 0 fully saturated rings. The number of hydrogen-bond donors (Lipinski definition) is 2. The van der Waals surface area contributed by atoms with Gasteiger partial charge in [-0.15, -0.1) is 0 Å². The van der Waals surface area contributed by atoms with E-state index >= 15 is 0 Å². The Hall–Kier alpha value is -3.35. The second kappa shape index (κ2) is 7.69. The molecule has 0 saturated heterocycles. The fraction of sp³-hybridized carbons (Fsp3) is 0.158. The maximum atomic E-state index is 13.4. The van der Waals surface area contributed by atoms with Crippen molar-refractivity contribution in [2.45, 2.75) is 6.92 Å². The summed E-state index contributed by atoms with van der Waals surface area (Å²) >= 11 is 0. The lowest BCUT2D eigenvalue weighted by molar-refractivity contribution is 0.395. The fourth-order valence-corrected chi connectivity index (χ4v) is 2.42. The Labute approximate surface area is 151 Å². The van der Waals surface area contributed by atoms with E-state index in [1.807, 2.05) is 19.1 Å². The minimum Gasteiger partial charge on any atom is -0.497 e. The molecule has 0 amide bonds. The summed E-state index contributed by atoms with van der Waals surface area (Å²) in [6.45, 7) is 1.86. The topological polar surface area (TPSA) is 68.3 Å². The predicted molar refractivity (Wildman–Crippen MR) is 99.3 cm³/mol. The highest BCUT2D eigenvalue weighted by Crippen LogP contribution is 2.31. The molecule has 1 heterocycles. The minimum absolute atomic E-state index is 0.318. The van der Waals surface area contributed by atoms with Crippen LogP contribution in [0.25, 0.3) is 0 Å². The normalized spacial score (nSPS) is 10.3. The molecule has 0 radical (unpaired) electrons. The van der Waals surface area contributed by atoms with E-state index in [9.17, 15) is 4.39 Å². The van der Waals surface area contributed by atoms with Crippen LogP contribution in [0.15, 0.2) is 48.5 Å². The highest BCUT2D eigenvalue weighted by atomic mass is 19.1. The van der Waals surface area contributed by atoms with Crippen molar-refractivity contribution in [2.75, 3.05) is 24.9 Å². The molecule has 1 aromatic heterocycles. The van der Waals surface area contributed by atoms with Crippen LogP contribution in [0, 0.1) is 12.7 Å². The van der Waals surface area contributed by atoms with Crippen molar-refractivity contribution in [3.8, 4) is 11.5 Å². The Morgan fingerprint density at radius 3 is 2.50 bits per heavy atom. The first-order valence-corrected chi connectivity index (χ1v) is 7.94. The average Bonchev–Trinajstić information content (AvgIpc) is 2.61. The van der Waals surface area contributed by atoms with Crippen LogP contribution in [0.2, 0.25) is 0 Å². The lowest BCUT2D eigenvalue weighted by atomic mass is 10.2. The molecule has 0 aliphatic heterocycles. The second-order valence-corrected chi connectivity index (χ2v) is 5.54. The first kappa shape index (κ1) is 17.5. The lowest BCUT2D eigenvalue weighted by Crippen LogP contribution is -2.03. The van der Waals surface area contributed by atoms with Crippen LogP contribution in [-0.4, -0.2) is 24.2 Å². The standard InChI is InChI=1S/C19H19FN4O2/c1-12-9-18(22-14-6-4-5-13(20)10-14)24-19(21-12)23-16-8-7-15(25-2)11-17(16)26-3/h4-11H,1-3H3,(H2,21,22,23,24). The summed E-state index contributed by atoms with van der Waals surface area (Å²) in [5, 5.41) is 6.21. The van der Waals surface area contributed by atoms with Gasteiger partial charge in [0.2, 0.25) is 5.95 Å². The van der Waals surface area contributed by atoms with Crippen molar-refractivity contribution in [3.05, 3.63) is 60.0 Å². The van der Waals surface area contributed by atoms with Crippen LogP contribution in [0.3, 0.4) is 0 Å². The molecular formula is C19H19FN4O2. The molecule has 0 saturated carbocycles. The summed E-state index contributed by atoms with van der Waals surface area (Å²) in [5.74, 6) is 1.92. The number of nitrogens with zero attached hydrogens (tertiary/aromatic N) is 2. The molecule has 3 rings (SSSR count). The molecule has 7 heteroatoms. The number of methoxy groups -OCH3 is 2. The molecule has 6 nitrogen and oxygen atoms in total. The van der Waals surface area contributed by atoms with Crippen molar-refractivity contribution in [1.29, 1.82) is 0 Å². The fourth-order valence-electron chi connectivity index (χ4n) is 2.42. The van der Waals surface area contributed by atoms with Gasteiger partial charge in [-0.3, -0.25) is 0 Å². The second-order valence-electron chi connectivity index (χ2n) is 5.54. The summed E-state index contributed by atoms with van der Waals surface area (Å²) in [4.78, 5) is 8.81. The highest BCUT2D eigenvalue weighted by Gasteiger charge is 2.09. The lowest BCUT2D eigenvalue weighted by Gasteiger charge is -2.13. The molecule has 0 aliphatic carbocycles. The van der Waals surface area contributed by atoms with E-state index in [-0.39, 0.29) is 5.82 Å². The molecule has 26 heavy (non-hydrogen) atoms. The average molecular weight is 354 g/mol. The van der Waals surface area contributed by atoms with Gasteiger partial charge in [-0.25, -0.2) is 9.37 Å². The van der Waals surface area contributed by atoms with Gasteiger partial charge in [0.05, 0.1) is 19.9 Å². The molecule has 0 atom stereocenters. The van der Waals surface area contributed by atoms with Crippen molar-refractivity contribution >= 4 is 23.1 Å². The number of nitrogens with one attached hydrogen (secondary N) is 2. The summed E-state index contributed by atoms with van der Waals surface area (Å²) in [7, 11) is 3.17. The Bertz CT molecular complexity index is 918. The third-order valence-corrected chi connectivity index (χ3v) is 3.61. The van der Waals surface area contributed by atoms with Crippen LogP contribution in [0.1, 0.15) is 5.69 Å². The number of aryl methyl sites for hydroxylation is 1. The van der Waals surface area contributed by atoms with E-state index in [4.69, 9.17) is 9.47 Å². The zero-order valence-electron chi connectivity index (χ0n) is 14.7. The van der Waals surface area contributed by atoms with Crippen LogP contribution < -0.4 is 20.1 Å². The Morgan fingerprint density at radius 2 is 1.77 bits per heavy atom. The van der Waals surface area contributed by atoms with Crippen LogP contribution in [0.5, 0.6) is 11.5 Å². The molecule has 0 unspecified atom stereocenters. The summed E-state index contributed by atoms with van der Waals surface area (Å²) < 4.78 is 23.9. The van der Waals surface area contributed by atoms with Crippen LogP contribution in [-0.2, 0) is 0 Å². The molecular weight excluding hydrogens is 335 g/mol. The SMILES string of the molecule is COc1ccc(Nc2nc(C)cc(Nc3cccc(F)c3)n2)c(OC)c1. The van der Waals surface area contributed by atoms with Gasteiger partial charge in [0.25, 0.3) is 0 Å². The zero-order valence-corrected chi connectivity index (χ0v) is 14.7. The van der Waals surface area contributed by atoms with Gasteiger partial charge in [-0.05, 0) is 37.3 Å². The van der Waals surface area contributed by atoms with Crippen molar-refractivity contribution < 1.29 is 13.9 Å². The van der Waals surface area contributed by atoms with E-state index < -0.39 is 0 Å². The molecule has 2 aromatic carbocycles. The summed E-state index contributed by atoms with van der Waals surface area (Å²) in [5.41, 5.74) is 2.07. The minimum atomic E-state index is -0.318. The Morgan fingerprint density at radius 1 is 0.923 bits per heavy atom.